The van der Waals surface area contributed by atoms with Crippen LogP contribution in [-0.4, -0.2) is 17.7 Å². The molecule has 1 fully saturated rings. The molecule has 1 aliphatic heterocycles. The first kappa shape index (κ1) is 19.0. The van der Waals surface area contributed by atoms with Crippen molar-refractivity contribution in [3.63, 3.8) is 0 Å². The zero-order valence-electron chi connectivity index (χ0n) is 14.2. The van der Waals surface area contributed by atoms with Gasteiger partial charge in [-0.2, -0.15) is 13.2 Å². The lowest BCUT2D eigenvalue weighted by Crippen LogP contribution is -2.19. The molecule has 27 heavy (non-hydrogen) atoms. The summed E-state index contributed by atoms with van der Waals surface area (Å²) in [5.41, 5.74) is 0.134. The van der Waals surface area contributed by atoms with Crippen LogP contribution in [0.25, 0.3) is 6.08 Å². The van der Waals surface area contributed by atoms with Crippen LogP contribution in [0.3, 0.4) is 0 Å². The molecule has 0 saturated carbocycles. The smallest absolute Gasteiger partial charge is 0.416 e. The number of nitrogens with one attached hydrogen (secondary N) is 1. The average molecular weight is 392 g/mol. The molecule has 1 aliphatic rings. The lowest BCUT2D eigenvalue weighted by molar-refractivity contribution is -0.137. The number of rotatable bonds is 4. The van der Waals surface area contributed by atoms with Crippen LogP contribution in [0.4, 0.5) is 18.9 Å². The molecule has 2 aromatic rings. The Bertz CT molecular complexity index is 906. The molecular formula is C19H15F3N2O2S. The Morgan fingerprint density at radius 1 is 1.19 bits per heavy atom. The molecule has 0 aliphatic carbocycles. The number of aliphatic imine (C=N–C) groups is 1. The van der Waals surface area contributed by atoms with E-state index in [1.54, 1.807) is 18.2 Å². The maximum atomic E-state index is 12.8. The maximum Gasteiger partial charge on any atom is 0.416 e. The molecule has 0 atom stereocenters. The molecule has 140 valence electrons. The molecular weight excluding hydrogens is 377 g/mol. The topological polar surface area (TPSA) is 50.7 Å². The van der Waals surface area contributed by atoms with Crippen molar-refractivity contribution in [2.24, 2.45) is 4.99 Å². The van der Waals surface area contributed by atoms with E-state index in [0.717, 1.165) is 35.2 Å². The Balaban J connectivity index is 1.78. The van der Waals surface area contributed by atoms with E-state index in [1.807, 2.05) is 19.1 Å². The molecule has 2 aromatic carbocycles. The van der Waals surface area contributed by atoms with Gasteiger partial charge in [-0.1, -0.05) is 18.2 Å². The van der Waals surface area contributed by atoms with E-state index >= 15 is 0 Å². The molecule has 4 nitrogen and oxygen atoms in total. The predicted octanol–water partition coefficient (Wildman–Crippen LogP) is 5.00. The quantitative estimate of drug-likeness (QED) is 0.746. The second kappa shape index (κ2) is 7.87. The Morgan fingerprint density at radius 2 is 1.93 bits per heavy atom. The summed E-state index contributed by atoms with van der Waals surface area (Å²) in [7, 11) is 0. The van der Waals surface area contributed by atoms with Crippen molar-refractivity contribution < 1.29 is 22.7 Å². The van der Waals surface area contributed by atoms with Gasteiger partial charge in [0.2, 0.25) is 0 Å². The molecule has 0 bridgehead atoms. The Kier molecular flexibility index (Phi) is 5.55. The molecule has 1 amide bonds. The van der Waals surface area contributed by atoms with Crippen LogP contribution in [0.2, 0.25) is 0 Å². The summed E-state index contributed by atoms with van der Waals surface area (Å²) in [5.74, 6) is 0.384. The molecule has 3 rings (SSSR count). The van der Waals surface area contributed by atoms with E-state index in [-0.39, 0.29) is 16.8 Å². The Hall–Kier alpha value is -2.74. The first-order chi connectivity index (χ1) is 12.8. The van der Waals surface area contributed by atoms with E-state index in [9.17, 15) is 18.0 Å². The number of alkyl halides is 3. The number of carbonyl (C=O) groups is 1. The highest BCUT2D eigenvalue weighted by atomic mass is 32.2. The number of amidine groups is 1. The van der Waals surface area contributed by atoms with Crippen LogP contribution in [-0.2, 0) is 11.0 Å². The first-order valence-electron chi connectivity index (χ1n) is 8.05. The number of carbonyl (C=O) groups excluding carboxylic acids is 1. The number of thioether (sulfide) groups is 1. The minimum absolute atomic E-state index is 0.120. The molecule has 1 heterocycles. The van der Waals surface area contributed by atoms with Crippen LogP contribution < -0.4 is 10.1 Å². The monoisotopic (exact) mass is 392 g/mol. The van der Waals surface area contributed by atoms with E-state index in [1.165, 1.54) is 12.1 Å². The first-order valence-corrected chi connectivity index (χ1v) is 8.86. The van der Waals surface area contributed by atoms with E-state index in [4.69, 9.17) is 4.74 Å². The molecule has 1 N–H and O–H groups in total. The van der Waals surface area contributed by atoms with Crippen LogP contribution in [0, 0.1) is 0 Å². The fraction of sp³-hybridized carbons (Fsp3) is 0.158. The number of halogens is 3. The third-order valence-electron chi connectivity index (χ3n) is 3.54. The zero-order valence-corrected chi connectivity index (χ0v) is 15.0. The number of benzene rings is 2. The summed E-state index contributed by atoms with van der Waals surface area (Å²) in [6.07, 6.45) is -2.76. The van der Waals surface area contributed by atoms with E-state index in [2.05, 4.69) is 10.3 Å². The van der Waals surface area contributed by atoms with Crippen molar-refractivity contribution in [2.45, 2.75) is 13.1 Å². The van der Waals surface area contributed by atoms with E-state index < -0.39 is 11.7 Å². The van der Waals surface area contributed by atoms with Crippen molar-refractivity contribution in [1.82, 2.24) is 5.32 Å². The average Bonchev–Trinajstić information content (AvgIpc) is 2.95. The summed E-state index contributed by atoms with van der Waals surface area (Å²) < 4.78 is 43.7. The maximum absolute atomic E-state index is 12.8. The largest absolute Gasteiger partial charge is 0.494 e. The summed E-state index contributed by atoms with van der Waals surface area (Å²) in [4.78, 5) is 16.6. The number of ether oxygens (including phenoxy) is 1. The third kappa shape index (κ3) is 4.91. The fourth-order valence-corrected chi connectivity index (χ4v) is 3.17. The van der Waals surface area contributed by atoms with Crippen molar-refractivity contribution in [1.29, 1.82) is 0 Å². The van der Waals surface area contributed by atoms with Gasteiger partial charge < -0.3 is 10.1 Å². The van der Waals surface area contributed by atoms with Gasteiger partial charge in [-0.3, -0.25) is 4.79 Å². The highest BCUT2D eigenvalue weighted by Crippen LogP contribution is 2.33. The minimum Gasteiger partial charge on any atom is -0.494 e. The molecule has 0 spiro atoms. The second-order valence-corrected chi connectivity index (χ2v) is 6.56. The van der Waals surface area contributed by atoms with Gasteiger partial charge in [0.25, 0.3) is 5.91 Å². The lowest BCUT2D eigenvalue weighted by atomic mass is 10.2. The normalized spacial score (nSPS) is 17.4. The molecule has 0 aromatic heterocycles. The summed E-state index contributed by atoms with van der Waals surface area (Å²) in [6.45, 7) is 2.45. The van der Waals surface area contributed by atoms with E-state index in [0.29, 0.717) is 11.5 Å². The number of hydrogen-bond acceptors (Lipinski definition) is 4. The summed E-state index contributed by atoms with van der Waals surface area (Å²) in [6, 6.07) is 11.9. The van der Waals surface area contributed by atoms with Crippen molar-refractivity contribution in [3.8, 4) is 5.75 Å². The number of nitrogens with zero attached hydrogens (tertiary/aromatic N) is 1. The molecule has 8 heteroatoms. The van der Waals surface area contributed by atoms with Crippen molar-refractivity contribution in [2.75, 3.05) is 6.61 Å². The van der Waals surface area contributed by atoms with Gasteiger partial charge in [0, 0.05) is 0 Å². The highest BCUT2D eigenvalue weighted by Gasteiger charge is 2.30. The fourth-order valence-electron chi connectivity index (χ4n) is 2.33. The predicted molar refractivity (Wildman–Crippen MR) is 99.9 cm³/mol. The van der Waals surface area contributed by atoms with Crippen molar-refractivity contribution in [3.05, 3.63) is 64.6 Å². The van der Waals surface area contributed by atoms with Crippen LogP contribution >= 0.6 is 11.8 Å². The van der Waals surface area contributed by atoms with Gasteiger partial charge in [0.15, 0.2) is 5.17 Å². The van der Waals surface area contributed by atoms with Crippen LogP contribution in [0.1, 0.15) is 18.1 Å². The van der Waals surface area contributed by atoms with Gasteiger partial charge >= 0.3 is 6.18 Å². The summed E-state index contributed by atoms with van der Waals surface area (Å²) in [5, 5.41) is 2.80. The van der Waals surface area contributed by atoms with Crippen LogP contribution in [0.5, 0.6) is 5.75 Å². The molecule has 0 unspecified atom stereocenters. The molecule has 1 saturated heterocycles. The third-order valence-corrected chi connectivity index (χ3v) is 4.45. The second-order valence-electron chi connectivity index (χ2n) is 5.53. The number of hydrogen-bond donors (Lipinski definition) is 1. The standard InChI is InChI=1S/C19H15F3N2O2S/c1-2-26-15-8-6-12(7-9-15)10-16-17(25)24-18(27-16)23-14-5-3-4-13(11-14)19(20,21)22/h3-11H,2H2,1H3,(H,23,24,25). The zero-order chi connectivity index (χ0) is 19.4. The van der Waals surface area contributed by atoms with Gasteiger partial charge in [-0.05, 0) is 60.7 Å². The van der Waals surface area contributed by atoms with Gasteiger partial charge in [0.1, 0.15) is 5.75 Å². The van der Waals surface area contributed by atoms with Crippen LogP contribution in [0.15, 0.2) is 58.4 Å². The molecule has 0 radical (unpaired) electrons. The highest BCUT2D eigenvalue weighted by molar-refractivity contribution is 8.18. The SMILES string of the molecule is CCOc1ccc(C=C2SC(=Nc3cccc(C(F)(F)F)c3)NC2=O)cc1. The summed E-state index contributed by atoms with van der Waals surface area (Å²) >= 11 is 1.07. The lowest BCUT2D eigenvalue weighted by Gasteiger charge is -2.06. The Labute approximate surface area is 158 Å². The van der Waals surface area contributed by atoms with Gasteiger partial charge in [-0.15, -0.1) is 0 Å². The van der Waals surface area contributed by atoms with Gasteiger partial charge in [0.05, 0.1) is 22.8 Å². The number of amides is 1. The minimum atomic E-state index is -4.44. The Morgan fingerprint density at radius 3 is 2.59 bits per heavy atom. The van der Waals surface area contributed by atoms with Crippen molar-refractivity contribution >= 4 is 34.6 Å². The van der Waals surface area contributed by atoms with Gasteiger partial charge in [-0.25, -0.2) is 4.99 Å².